The molecule has 6 nitrogen and oxygen atoms in total. The number of nitrogens with zero attached hydrogens (tertiary/aromatic N) is 3. The van der Waals surface area contributed by atoms with Crippen molar-refractivity contribution in [3.63, 3.8) is 0 Å². The van der Waals surface area contributed by atoms with Crippen LogP contribution in [0.3, 0.4) is 0 Å². The SMILES string of the molecule is C=CCN1CCN(C(=O)c2cccc(OC)c2)[C@@H](Cc2ccc(-c3ccncc3)cc2)C1=O. The lowest BCUT2D eigenvalue weighted by Crippen LogP contribution is -2.59. The number of carbonyl (C=O) groups excluding carboxylic acids is 2. The van der Waals surface area contributed by atoms with Gasteiger partial charge < -0.3 is 14.5 Å². The molecule has 2 amide bonds. The number of methoxy groups -OCH3 is 1. The highest BCUT2D eigenvalue weighted by molar-refractivity contribution is 5.98. The van der Waals surface area contributed by atoms with Gasteiger partial charge >= 0.3 is 0 Å². The van der Waals surface area contributed by atoms with Crippen LogP contribution >= 0.6 is 0 Å². The fraction of sp³-hybridized carbons (Fsp3) is 0.222. The van der Waals surface area contributed by atoms with Gasteiger partial charge in [-0.2, -0.15) is 0 Å². The molecule has 2 aromatic carbocycles. The first-order valence-corrected chi connectivity index (χ1v) is 10.9. The Morgan fingerprint density at radius 2 is 1.82 bits per heavy atom. The summed E-state index contributed by atoms with van der Waals surface area (Å²) >= 11 is 0. The molecule has 1 fully saturated rings. The second-order valence-corrected chi connectivity index (χ2v) is 7.96. The molecule has 0 radical (unpaired) electrons. The van der Waals surface area contributed by atoms with Crippen LogP contribution < -0.4 is 4.74 Å². The van der Waals surface area contributed by atoms with Crippen molar-refractivity contribution >= 4 is 11.8 Å². The summed E-state index contributed by atoms with van der Waals surface area (Å²) < 4.78 is 5.27. The van der Waals surface area contributed by atoms with Gasteiger partial charge in [0.2, 0.25) is 5.91 Å². The fourth-order valence-corrected chi connectivity index (χ4v) is 4.14. The Bertz CT molecular complexity index is 1130. The van der Waals surface area contributed by atoms with E-state index >= 15 is 0 Å². The first-order chi connectivity index (χ1) is 16.1. The summed E-state index contributed by atoms with van der Waals surface area (Å²) in [5, 5.41) is 0. The van der Waals surface area contributed by atoms with E-state index in [-0.39, 0.29) is 11.8 Å². The van der Waals surface area contributed by atoms with Crippen LogP contribution in [0.1, 0.15) is 15.9 Å². The molecule has 1 atom stereocenters. The van der Waals surface area contributed by atoms with Gasteiger partial charge in [0.05, 0.1) is 7.11 Å². The number of pyridine rings is 1. The zero-order valence-corrected chi connectivity index (χ0v) is 18.7. The average molecular weight is 442 g/mol. The van der Waals surface area contributed by atoms with Gasteiger partial charge in [-0.3, -0.25) is 14.6 Å². The smallest absolute Gasteiger partial charge is 0.254 e. The molecular formula is C27H27N3O3. The minimum Gasteiger partial charge on any atom is -0.497 e. The molecule has 0 saturated carbocycles. The summed E-state index contributed by atoms with van der Waals surface area (Å²) in [5.74, 6) is 0.384. The summed E-state index contributed by atoms with van der Waals surface area (Å²) in [4.78, 5) is 34.2. The number of carbonyl (C=O) groups is 2. The van der Waals surface area contributed by atoms with Crippen LogP contribution in [0.5, 0.6) is 5.75 Å². The summed E-state index contributed by atoms with van der Waals surface area (Å²) in [5.41, 5.74) is 3.67. The van der Waals surface area contributed by atoms with Gasteiger partial charge in [0.15, 0.2) is 0 Å². The summed E-state index contributed by atoms with van der Waals surface area (Å²) in [7, 11) is 1.57. The molecule has 4 rings (SSSR count). The second-order valence-electron chi connectivity index (χ2n) is 7.96. The predicted molar refractivity (Wildman–Crippen MR) is 128 cm³/mol. The summed E-state index contributed by atoms with van der Waals surface area (Å²) in [6, 6.07) is 18.5. The van der Waals surface area contributed by atoms with E-state index in [4.69, 9.17) is 4.74 Å². The standard InChI is InChI=1S/C27H27N3O3/c1-3-15-29-16-17-30(26(31)23-5-4-6-24(19-23)33-2)25(27(29)32)18-20-7-9-21(10-8-20)22-11-13-28-14-12-22/h3-14,19,25H,1,15-18H2,2H3/t25-/m0/s1. The molecule has 1 aliphatic rings. The zero-order chi connectivity index (χ0) is 23.2. The van der Waals surface area contributed by atoms with Crippen molar-refractivity contribution in [2.75, 3.05) is 26.7 Å². The third kappa shape index (κ3) is 4.95. The van der Waals surface area contributed by atoms with Gasteiger partial charge in [-0.1, -0.05) is 36.4 Å². The number of rotatable bonds is 7. The molecule has 168 valence electrons. The zero-order valence-electron chi connectivity index (χ0n) is 18.7. The Balaban J connectivity index is 1.59. The van der Waals surface area contributed by atoms with Crippen molar-refractivity contribution < 1.29 is 14.3 Å². The molecule has 2 heterocycles. The molecule has 1 saturated heterocycles. The predicted octanol–water partition coefficient (Wildman–Crippen LogP) is 3.84. The lowest BCUT2D eigenvalue weighted by Gasteiger charge is -2.40. The number of piperazine rings is 1. The molecular weight excluding hydrogens is 414 g/mol. The molecule has 0 N–H and O–H groups in total. The van der Waals surface area contributed by atoms with E-state index in [0.29, 0.717) is 37.4 Å². The fourth-order valence-electron chi connectivity index (χ4n) is 4.14. The van der Waals surface area contributed by atoms with E-state index in [1.165, 1.54) is 0 Å². The lowest BCUT2D eigenvalue weighted by atomic mass is 9.97. The van der Waals surface area contributed by atoms with Crippen LogP contribution in [0.2, 0.25) is 0 Å². The molecule has 0 spiro atoms. The first kappa shape index (κ1) is 22.3. The molecule has 1 aliphatic heterocycles. The van der Waals surface area contributed by atoms with Crippen molar-refractivity contribution in [2.24, 2.45) is 0 Å². The van der Waals surface area contributed by atoms with Crippen molar-refractivity contribution in [3.05, 3.63) is 96.8 Å². The number of hydrogen-bond acceptors (Lipinski definition) is 4. The Kier molecular flexibility index (Phi) is 6.83. The van der Waals surface area contributed by atoms with Gasteiger partial charge in [0.1, 0.15) is 11.8 Å². The van der Waals surface area contributed by atoms with Crippen LogP contribution in [-0.2, 0) is 11.2 Å². The highest BCUT2D eigenvalue weighted by atomic mass is 16.5. The Morgan fingerprint density at radius 3 is 2.52 bits per heavy atom. The normalized spacial score (nSPS) is 15.9. The molecule has 0 aliphatic carbocycles. The minimum absolute atomic E-state index is 0.0596. The molecule has 3 aromatic rings. The van der Waals surface area contributed by atoms with Crippen LogP contribution in [0, 0.1) is 0 Å². The number of hydrogen-bond donors (Lipinski definition) is 0. The minimum atomic E-state index is -0.579. The van der Waals surface area contributed by atoms with Gasteiger partial charge in [0, 0.05) is 44.0 Å². The highest BCUT2D eigenvalue weighted by Crippen LogP contribution is 2.23. The van der Waals surface area contributed by atoms with E-state index in [0.717, 1.165) is 16.7 Å². The van der Waals surface area contributed by atoms with Crippen molar-refractivity contribution in [2.45, 2.75) is 12.5 Å². The van der Waals surface area contributed by atoms with Crippen molar-refractivity contribution in [1.29, 1.82) is 0 Å². The topological polar surface area (TPSA) is 62.7 Å². The number of ether oxygens (including phenoxy) is 1. The second kappa shape index (κ2) is 10.1. The highest BCUT2D eigenvalue weighted by Gasteiger charge is 2.37. The molecule has 0 unspecified atom stereocenters. The van der Waals surface area contributed by atoms with Crippen molar-refractivity contribution in [3.8, 4) is 16.9 Å². The Labute approximate surface area is 194 Å². The largest absolute Gasteiger partial charge is 0.497 e. The summed E-state index contributed by atoms with van der Waals surface area (Å²) in [6.45, 7) is 5.19. The molecule has 33 heavy (non-hydrogen) atoms. The molecule has 1 aromatic heterocycles. The van der Waals surface area contributed by atoms with Crippen LogP contribution in [0.15, 0.2) is 85.7 Å². The Morgan fingerprint density at radius 1 is 1.09 bits per heavy atom. The third-order valence-electron chi connectivity index (χ3n) is 5.91. The van der Waals surface area contributed by atoms with Crippen LogP contribution in [0.25, 0.3) is 11.1 Å². The van der Waals surface area contributed by atoms with E-state index in [1.54, 1.807) is 59.6 Å². The summed E-state index contributed by atoms with van der Waals surface area (Å²) in [6.07, 6.45) is 5.69. The van der Waals surface area contributed by atoms with E-state index in [2.05, 4.69) is 11.6 Å². The molecule has 6 heteroatoms. The van der Waals surface area contributed by atoms with Crippen LogP contribution in [-0.4, -0.2) is 59.4 Å². The van der Waals surface area contributed by atoms with E-state index in [9.17, 15) is 9.59 Å². The Hall–Kier alpha value is -3.93. The lowest BCUT2D eigenvalue weighted by molar-refractivity contribution is -0.139. The number of aromatic nitrogens is 1. The monoisotopic (exact) mass is 441 g/mol. The van der Waals surface area contributed by atoms with Crippen molar-refractivity contribution in [1.82, 2.24) is 14.8 Å². The molecule has 0 bridgehead atoms. The third-order valence-corrected chi connectivity index (χ3v) is 5.91. The quantitative estimate of drug-likeness (QED) is 0.523. The maximum absolute atomic E-state index is 13.4. The van der Waals surface area contributed by atoms with Crippen LogP contribution in [0.4, 0.5) is 0 Å². The number of benzene rings is 2. The average Bonchev–Trinajstić information content (AvgIpc) is 2.87. The van der Waals surface area contributed by atoms with Gasteiger partial charge in [-0.15, -0.1) is 6.58 Å². The van der Waals surface area contributed by atoms with Gasteiger partial charge in [-0.25, -0.2) is 0 Å². The maximum Gasteiger partial charge on any atom is 0.254 e. The van der Waals surface area contributed by atoms with Gasteiger partial charge in [0.25, 0.3) is 5.91 Å². The van der Waals surface area contributed by atoms with Gasteiger partial charge in [-0.05, 0) is 47.0 Å². The first-order valence-electron chi connectivity index (χ1n) is 10.9. The maximum atomic E-state index is 13.4. The van der Waals surface area contributed by atoms with E-state index < -0.39 is 6.04 Å². The number of amides is 2. The van der Waals surface area contributed by atoms with E-state index in [1.807, 2.05) is 36.4 Å².